The van der Waals surface area contributed by atoms with Crippen LogP contribution in [-0.4, -0.2) is 10.9 Å². The fourth-order valence-corrected chi connectivity index (χ4v) is 3.43. The lowest BCUT2D eigenvalue weighted by Crippen LogP contribution is -2.11. The first-order valence-corrected chi connectivity index (χ1v) is 8.13. The minimum Gasteiger partial charge on any atom is -0.355 e. The number of carbonyl (C=O) groups is 1. The van der Waals surface area contributed by atoms with Gasteiger partial charge in [0, 0.05) is 16.8 Å². The molecule has 1 aliphatic carbocycles. The number of hydrogen-bond donors (Lipinski definition) is 1. The van der Waals surface area contributed by atoms with Gasteiger partial charge >= 0.3 is 0 Å². The Bertz CT molecular complexity index is 1160. The second-order valence-corrected chi connectivity index (χ2v) is 6.21. The monoisotopic (exact) mass is 326 g/mol. The Hall–Kier alpha value is -3.40. The number of benzene rings is 3. The Kier molecular flexibility index (Phi) is 2.82. The Morgan fingerprint density at radius 2 is 1.64 bits per heavy atom. The Balaban J connectivity index is 1.78. The van der Waals surface area contributed by atoms with Crippen LogP contribution in [0.4, 0.5) is 11.4 Å². The van der Waals surface area contributed by atoms with E-state index in [1.54, 1.807) is 0 Å². The summed E-state index contributed by atoms with van der Waals surface area (Å²) >= 11 is 0. The maximum absolute atomic E-state index is 13.2. The summed E-state index contributed by atoms with van der Waals surface area (Å²) < 4.78 is 5.57. The van der Waals surface area contributed by atoms with E-state index in [0.29, 0.717) is 22.4 Å². The van der Waals surface area contributed by atoms with Crippen LogP contribution >= 0.6 is 0 Å². The van der Waals surface area contributed by atoms with Crippen LogP contribution in [0, 0.1) is 6.92 Å². The molecule has 1 aliphatic rings. The van der Waals surface area contributed by atoms with E-state index in [9.17, 15) is 4.79 Å². The van der Waals surface area contributed by atoms with Gasteiger partial charge in [0.05, 0.1) is 16.6 Å². The van der Waals surface area contributed by atoms with Crippen molar-refractivity contribution in [2.75, 3.05) is 5.32 Å². The Labute approximate surface area is 144 Å². The van der Waals surface area contributed by atoms with Crippen LogP contribution in [0.3, 0.4) is 0 Å². The van der Waals surface area contributed by atoms with Gasteiger partial charge in [-0.2, -0.15) is 0 Å². The third-order valence-corrected chi connectivity index (χ3v) is 4.70. The number of nitrogens with one attached hydrogen (secondary N) is 1. The van der Waals surface area contributed by atoms with Crippen molar-refractivity contribution in [1.82, 2.24) is 5.16 Å². The lowest BCUT2D eigenvalue weighted by molar-refractivity contribution is 0.104. The van der Waals surface area contributed by atoms with Gasteiger partial charge in [-0.15, -0.1) is 0 Å². The average Bonchev–Trinajstić information content (AvgIpc) is 3.07. The fraction of sp³-hybridized carbons (Fsp3) is 0.0476. The third kappa shape index (κ3) is 1.94. The van der Waals surface area contributed by atoms with E-state index < -0.39 is 0 Å². The summed E-state index contributed by atoms with van der Waals surface area (Å²) in [5, 5.41) is 8.32. The van der Waals surface area contributed by atoms with E-state index in [-0.39, 0.29) is 5.78 Å². The van der Waals surface area contributed by atoms with Crippen LogP contribution in [0.25, 0.3) is 22.2 Å². The van der Waals surface area contributed by atoms with Crippen LogP contribution in [0.1, 0.15) is 21.5 Å². The summed E-state index contributed by atoms with van der Waals surface area (Å²) in [6.07, 6.45) is 0. The number of carbonyl (C=O) groups excluding carboxylic acids is 1. The van der Waals surface area contributed by atoms with Gasteiger partial charge in [0.1, 0.15) is 5.52 Å². The van der Waals surface area contributed by atoms with E-state index in [0.717, 1.165) is 27.9 Å². The molecule has 4 nitrogen and oxygen atoms in total. The third-order valence-electron chi connectivity index (χ3n) is 4.70. The number of hydrogen-bond acceptors (Lipinski definition) is 4. The number of rotatable bonds is 2. The lowest BCUT2D eigenvalue weighted by atomic mass is 9.87. The highest BCUT2D eigenvalue weighted by Gasteiger charge is 2.31. The molecule has 0 bridgehead atoms. The molecule has 0 spiro atoms. The van der Waals surface area contributed by atoms with Crippen molar-refractivity contribution in [3.63, 3.8) is 0 Å². The highest BCUT2D eigenvalue weighted by atomic mass is 16.5. The highest BCUT2D eigenvalue weighted by Crippen LogP contribution is 2.42. The molecule has 5 rings (SSSR count). The lowest BCUT2D eigenvalue weighted by Gasteiger charge is -2.18. The molecular formula is C21H14N2O2. The van der Waals surface area contributed by atoms with Crippen LogP contribution < -0.4 is 5.32 Å². The molecule has 0 atom stereocenters. The first kappa shape index (κ1) is 14.0. The molecule has 1 N–H and O–H groups in total. The second-order valence-electron chi connectivity index (χ2n) is 6.21. The van der Waals surface area contributed by atoms with E-state index in [4.69, 9.17) is 4.52 Å². The van der Waals surface area contributed by atoms with Gasteiger partial charge in [0.15, 0.2) is 11.5 Å². The molecule has 1 aromatic heterocycles. The van der Waals surface area contributed by atoms with Crippen molar-refractivity contribution in [1.29, 1.82) is 0 Å². The molecule has 0 saturated carbocycles. The molecule has 0 amide bonds. The molecule has 4 heteroatoms. The van der Waals surface area contributed by atoms with Gasteiger partial charge in [-0.05, 0) is 30.7 Å². The zero-order chi connectivity index (χ0) is 17.0. The molecule has 0 fully saturated rings. The number of para-hydroxylation sites is 1. The topological polar surface area (TPSA) is 55.1 Å². The molecule has 1 heterocycles. The molecule has 120 valence electrons. The summed E-state index contributed by atoms with van der Waals surface area (Å²) in [7, 11) is 0. The fourth-order valence-electron chi connectivity index (χ4n) is 3.43. The molecule has 0 aliphatic heterocycles. The zero-order valence-electron chi connectivity index (χ0n) is 13.5. The van der Waals surface area contributed by atoms with Crippen molar-refractivity contribution in [2.45, 2.75) is 6.92 Å². The molecule has 0 unspecified atom stereocenters. The van der Waals surface area contributed by atoms with Gasteiger partial charge in [-0.3, -0.25) is 4.79 Å². The van der Waals surface area contributed by atoms with Crippen LogP contribution in [0.5, 0.6) is 0 Å². The van der Waals surface area contributed by atoms with Crippen LogP contribution in [0.2, 0.25) is 0 Å². The normalized spacial score (nSPS) is 12.3. The number of nitrogens with zero attached hydrogens (tertiary/aromatic N) is 1. The predicted molar refractivity (Wildman–Crippen MR) is 97.3 cm³/mol. The first-order valence-electron chi connectivity index (χ1n) is 8.13. The van der Waals surface area contributed by atoms with Crippen molar-refractivity contribution >= 4 is 28.1 Å². The van der Waals surface area contributed by atoms with Crippen molar-refractivity contribution in [3.05, 3.63) is 77.4 Å². The highest BCUT2D eigenvalue weighted by molar-refractivity contribution is 6.27. The minimum absolute atomic E-state index is 0.00650. The Morgan fingerprint density at radius 3 is 2.48 bits per heavy atom. The van der Waals surface area contributed by atoms with E-state index >= 15 is 0 Å². The van der Waals surface area contributed by atoms with Gasteiger partial charge < -0.3 is 9.84 Å². The number of fused-ring (bicyclic) bond motifs is 2. The SMILES string of the molecule is Cc1ccccc1Nc1ccc2noc3c2c1C(=O)c1ccccc1-3. The predicted octanol–water partition coefficient (Wildman–Crippen LogP) is 5.09. The van der Waals surface area contributed by atoms with Crippen LogP contribution in [0.15, 0.2) is 65.2 Å². The summed E-state index contributed by atoms with van der Waals surface area (Å²) in [6, 6.07) is 19.3. The maximum atomic E-state index is 13.2. The van der Waals surface area contributed by atoms with Gasteiger partial charge in [-0.25, -0.2) is 0 Å². The summed E-state index contributed by atoms with van der Waals surface area (Å²) in [4.78, 5) is 13.2. The summed E-state index contributed by atoms with van der Waals surface area (Å²) in [6.45, 7) is 2.04. The summed E-state index contributed by atoms with van der Waals surface area (Å²) in [5.41, 5.74) is 5.62. The molecule has 25 heavy (non-hydrogen) atoms. The van der Waals surface area contributed by atoms with Gasteiger partial charge in [0.2, 0.25) is 0 Å². The second kappa shape index (κ2) is 5.05. The molecular weight excluding hydrogens is 312 g/mol. The molecule has 4 aromatic rings. The molecule has 3 aromatic carbocycles. The standard InChI is InChI=1S/C21H14N2O2/c1-12-6-2-5-9-15(12)22-16-10-11-17-19-18(16)20(24)13-7-3-4-8-14(13)21(19)25-23-17/h2-11,22H,1H3. The number of aryl methyl sites for hydroxylation is 1. The zero-order valence-corrected chi connectivity index (χ0v) is 13.5. The number of anilines is 2. The smallest absolute Gasteiger partial charge is 0.196 e. The first-order chi connectivity index (χ1) is 12.2. The van der Waals surface area contributed by atoms with Crippen molar-refractivity contribution < 1.29 is 9.32 Å². The van der Waals surface area contributed by atoms with Crippen molar-refractivity contribution in [3.8, 4) is 11.3 Å². The van der Waals surface area contributed by atoms with Gasteiger partial charge in [0.25, 0.3) is 0 Å². The van der Waals surface area contributed by atoms with Crippen LogP contribution in [-0.2, 0) is 0 Å². The number of aromatic nitrogens is 1. The van der Waals surface area contributed by atoms with E-state index in [1.807, 2.05) is 67.6 Å². The molecule has 0 radical (unpaired) electrons. The minimum atomic E-state index is -0.00650. The van der Waals surface area contributed by atoms with Gasteiger partial charge in [-0.1, -0.05) is 47.6 Å². The average molecular weight is 326 g/mol. The quantitative estimate of drug-likeness (QED) is 0.491. The summed E-state index contributed by atoms with van der Waals surface area (Å²) in [5.74, 6) is 0.654. The van der Waals surface area contributed by atoms with E-state index in [2.05, 4.69) is 10.5 Å². The molecule has 0 saturated heterocycles. The largest absolute Gasteiger partial charge is 0.355 e. The van der Waals surface area contributed by atoms with Crippen molar-refractivity contribution in [2.24, 2.45) is 0 Å². The Morgan fingerprint density at radius 1 is 0.880 bits per heavy atom. The maximum Gasteiger partial charge on any atom is 0.196 e. The number of ketones is 1. The van der Waals surface area contributed by atoms with E-state index in [1.165, 1.54) is 0 Å².